The third kappa shape index (κ3) is 22.8. The molecule has 0 fully saturated rings. The van der Waals surface area contributed by atoms with Crippen LogP contribution in [0, 0.1) is 14.9 Å². The van der Waals surface area contributed by atoms with Gasteiger partial charge < -0.3 is 14.9 Å². The van der Waals surface area contributed by atoms with E-state index in [0.717, 1.165) is 0 Å². The first-order valence-corrected chi connectivity index (χ1v) is 0. The number of hydrogen-bond acceptors (Lipinski definition) is 0. The van der Waals surface area contributed by atoms with Gasteiger partial charge in [-0.1, -0.05) is 0 Å². The van der Waals surface area contributed by atoms with Crippen molar-refractivity contribution in [1.82, 2.24) is 0 Å². The molecular weight excluding hydrogens is 173 g/mol. The van der Waals surface area contributed by atoms with Gasteiger partial charge in [0, 0.05) is 0 Å². The van der Waals surface area contributed by atoms with Crippen molar-refractivity contribution in [3.05, 3.63) is 14.9 Å². The molecule has 0 aromatic carbocycles. The van der Waals surface area contributed by atoms with Gasteiger partial charge in [-0.2, -0.15) is 13.5 Å². The maximum atomic E-state index is 0. The summed E-state index contributed by atoms with van der Waals surface area (Å²) in [5.41, 5.74) is 0. The molecule has 0 bridgehead atoms. The van der Waals surface area contributed by atoms with Crippen LogP contribution >= 0.6 is 13.5 Å². The molecule has 4 heteroatoms. The third-order valence-electron chi connectivity index (χ3n) is 0. The van der Waals surface area contributed by atoms with Crippen LogP contribution in [0.3, 0.4) is 0 Å². The molecule has 0 rings (SSSR count). The van der Waals surface area contributed by atoms with Crippen molar-refractivity contribution in [3.63, 3.8) is 0 Å². The standard InChI is InChI=1S/2CH3.3K.H2S/h2*1H3;;;;1H2/q2*-1;3*+1;. The first kappa shape index (κ1) is 42.8. The Hall–Kier alpha value is 5.26. The second-order valence-corrected chi connectivity index (χ2v) is 0. The second kappa shape index (κ2) is 31.8. The van der Waals surface area contributed by atoms with Gasteiger partial charge in [-0.15, -0.1) is 0 Å². The molecule has 6 heavy (non-hydrogen) atoms. The van der Waals surface area contributed by atoms with E-state index in [1.807, 2.05) is 0 Å². The molecule has 0 aliphatic carbocycles. The molecule has 0 saturated carbocycles. The smallest absolute Gasteiger partial charge is 0.358 e. The van der Waals surface area contributed by atoms with E-state index < -0.39 is 0 Å². The van der Waals surface area contributed by atoms with E-state index in [1.165, 1.54) is 0 Å². The minimum Gasteiger partial charge on any atom is -0.358 e. The molecule has 0 amide bonds. The molecule has 0 aromatic rings. The zero-order valence-electron chi connectivity index (χ0n) is 5.50. The average molecular weight is 181 g/mol. The summed E-state index contributed by atoms with van der Waals surface area (Å²) in [5.74, 6) is 0. The Bertz CT molecular complexity index is 8.75. The normalized spacial score (nSPS) is 0. The summed E-state index contributed by atoms with van der Waals surface area (Å²) < 4.78 is 0. The fraction of sp³-hybridized carbons (Fsp3) is 0. The molecule has 0 nitrogen and oxygen atoms in total. The quantitative estimate of drug-likeness (QED) is 0.257. The molecule has 0 aliphatic heterocycles. The van der Waals surface area contributed by atoms with Gasteiger partial charge in [0.1, 0.15) is 0 Å². The molecule has 0 spiro atoms. The van der Waals surface area contributed by atoms with E-state index in [1.54, 1.807) is 0 Å². The topological polar surface area (TPSA) is 0 Å². The molecule has 0 unspecified atom stereocenters. The van der Waals surface area contributed by atoms with E-state index in [2.05, 4.69) is 0 Å². The monoisotopic (exact) mass is 181 g/mol. The predicted octanol–water partition coefficient (Wildman–Crippen LogP) is -7.97. The van der Waals surface area contributed by atoms with Crippen molar-refractivity contribution in [2.24, 2.45) is 0 Å². The first-order valence-electron chi connectivity index (χ1n) is 0. The number of hydrogen-bond donors (Lipinski definition) is 0. The van der Waals surface area contributed by atoms with Crippen molar-refractivity contribution in [2.75, 3.05) is 0 Å². The SMILES string of the molecule is S.[CH3-].[CH3-].[K+].[K+].[K+]. The van der Waals surface area contributed by atoms with Crippen LogP contribution in [-0.2, 0) is 0 Å². The van der Waals surface area contributed by atoms with Crippen LogP contribution in [0.1, 0.15) is 0 Å². The Morgan fingerprint density at radius 2 is 0.500 bits per heavy atom. The van der Waals surface area contributed by atoms with Crippen molar-refractivity contribution in [2.45, 2.75) is 0 Å². The van der Waals surface area contributed by atoms with Crippen LogP contribution in [0.15, 0.2) is 0 Å². The largest absolute Gasteiger partial charge is 1.00 e. The molecule has 0 N–H and O–H groups in total. The zero-order chi connectivity index (χ0) is 0. The summed E-state index contributed by atoms with van der Waals surface area (Å²) in [6, 6.07) is 0. The van der Waals surface area contributed by atoms with E-state index in [4.69, 9.17) is 0 Å². The van der Waals surface area contributed by atoms with Gasteiger partial charge in [0.2, 0.25) is 0 Å². The molecule has 0 saturated heterocycles. The minimum absolute atomic E-state index is 0. The first-order chi connectivity index (χ1) is 0. The predicted molar refractivity (Wildman–Crippen MR) is 23.2 cm³/mol. The van der Waals surface area contributed by atoms with Crippen LogP contribution in [-0.4, -0.2) is 0 Å². The van der Waals surface area contributed by atoms with E-state index in [0.29, 0.717) is 0 Å². The summed E-state index contributed by atoms with van der Waals surface area (Å²) >= 11 is 0. The van der Waals surface area contributed by atoms with Crippen LogP contribution < -0.4 is 154 Å². The minimum atomic E-state index is 0. The molecule has 0 radical (unpaired) electrons. The van der Waals surface area contributed by atoms with E-state index in [-0.39, 0.29) is 183 Å². The summed E-state index contributed by atoms with van der Waals surface area (Å²) in [4.78, 5) is 0. The Morgan fingerprint density at radius 3 is 0.500 bits per heavy atom. The van der Waals surface area contributed by atoms with Gasteiger partial charge in [0.15, 0.2) is 0 Å². The molecule has 0 atom stereocenters. The van der Waals surface area contributed by atoms with Crippen molar-refractivity contribution < 1.29 is 154 Å². The van der Waals surface area contributed by atoms with Crippen LogP contribution in [0.4, 0.5) is 0 Å². The maximum absolute atomic E-state index is 0. The Labute approximate surface area is 176 Å². The molecular formula is C2H8K3S+. The Balaban J connectivity index is 0. The molecule has 0 aromatic heterocycles. The van der Waals surface area contributed by atoms with Gasteiger partial charge in [-0.3, -0.25) is 0 Å². The second-order valence-electron chi connectivity index (χ2n) is 0. The van der Waals surface area contributed by atoms with Crippen LogP contribution in [0.25, 0.3) is 0 Å². The maximum Gasteiger partial charge on any atom is 1.00 e. The summed E-state index contributed by atoms with van der Waals surface area (Å²) in [6.07, 6.45) is 0. The fourth-order valence-electron chi connectivity index (χ4n) is 0. The number of rotatable bonds is 0. The Morgan fingerprint density at radius 1 is 0.500 bits per heavy atom. The van der Waals surface area contributed by atoms with Gasteiger partial charge in [0.25, 0.3) is 0 Å². The molecule has 0 aliphatic rings. The molecule has 0 heterocycles. The van der Waals surface area contributed by atoms with E-state index in [9.17, 15) is 0 Å². The molecule has 24 valence electrons. The summed E-state index contributed by atoms with van der Waals surface area (Å²) in [7, 11) is 0. The van der Waals surface area contributed by atoms with Crippen LogP contribution in [0.5, 0.6) is 0 Å². The summed E-state index contributed by atoms with van der Waals surface area (Å²) in [5, 5.41) is 0. The van der Waals surface area contributed by atoms with Crippen LogP contribution in [0.2, 0.25) is 0 Å². The van der Waals surface area contributed by atoms with Crippen molar-refractivity contribution in [1.29, 1.82) is 0 Å². The Kier molecular flexibility index (Phi) is 227. The fourth-order valence-corrected chi connectivity index (χ4v) is 0. The van der Waals surface area contributed by atoms with Gasteiger partial charge in [0.05, 0.1) is 0 Å². The van der Waals surface area contributed by atoms with Crippen molar-refractivity contribution in [3.8, 4) is 0 Å². The zero-order valence-corrected chi connectivity index (χ0v) is 15.9. The van der Waals surface area contributed by atoms with Gasteiger partial charge in [-0.25, -0.2) is 0 Å². The summed E-state index contributed by atoms with van der Waals surface area (Å²) in [6.45, 7) is 0. The van der Waals surface area contributed by atoms with Crippen molar-refractivity contribution >= 4 is 13.5 Å². The van der Waals surface area contributed by atoms with Gasteiger partial charge >= 0.3 is 154 Å². The average Bonchev–Trinajstić information content (AvgIpc) is 0. The van der Waals surface area contributed by atoms with E-state index >= 15 is 0 Å². The third-order valence-corrected chi connectivity index (χ3v) is 0. The van der Waals surface area contributed by atoms with Gasteiger partial charge in [-0.05, 0) is 0 Å².